The number of esters is 1. The lowest BCUT2D eigenvalue weighted by Gasteiger charge is -2.29. The third-order valence-electron chi connectivity index (χ3n) is 7.76. The van der Waals surface area contributed by atoms with Gasteiger partial charge in [0.15, 0.2) is 0 Å². The van der Waals surface area contributed by atoms with Crippen LogP contribution >= 0.6 is 0 Å². The van der Waals surface area contributed by atoms with Gasteiger partial charge in [-0.05, 0) is 61.8 Å². The molecule has 43 heavy (non-hydrogen) atoms. The Morgan fingerprint density at radius 2 is 1.70 bits per heavy atom. The van der Waals surface area contributed by atoms with E-state index in [0.717, 1.165) is 49.0 Å². The Hall–Kier alpha value is -3.91. The number of carbonyl (C=O) groups excluding carboxylic acids is 3. The van der Waals surface area contributed by atoms with Gasteiger partial charge in [0.05, 0.1) is 24.1 Å². The van der Waals surface area contributed by atoms with E-state index >= 15 is 0 Å². The highest BCUT2D eigenvalue weighted by molar-refractivity contribution is 5.86. The van der Waals surface area contributed by atoms with Crippen molar-refractivity contribution in [3.05, 3.63) is 91.0 Å². The second-order valence-electron chi connectivity index (χ2n) is 11.3. The van der Waals surface area contributed by atoms with E-state index in [0.29, 0.717) is 25.9 Å². The number of amides is 2. The van der Waals surface area contributed by atoms with Crippen LogP contribution in [0.1, 0.15) is 68.9 Å². The van der Waals surface area contributed by atoms with E-state index in [1.165, 1.54) is 0 Å². The van der Waals surface area contributed by atoms with Crippen LogP contribution in [0.3, 0.4) is 0 Å². The van der Waals surface area contributed by atoms with Crippen LogP contribution in [0.2, 0.25) is 0 Å². The van der Waals surface area contributed by atoms with Crippen molar-refractivity contribution in [1.29, 1.82) is 0 Å². The number of aliphatic hydroxyl groups is 1. The van der Waals surface area contributed by atoms with E-state index in [2.05, 4.69) is 23.8 Å². The fourth-order valence-electron chi connectivity index (χ4n) is 5.30. The average molecular weight is 591 g/mol. The maximum absolute atomic E-state index is 13.4. The number of nitrogens with one attached hydrogen (secondary N) is 2. The van der Waals surface area contributed by atoms with Gasteiger partial charge in [0.25, 0.3) is 0 Å². The summed E-state index contributed by atoms with van der Waals surface area (Å²) in [5.41, 5.74) is 1.40. The standard InChI is InChI=1S/C35H46N2O6/c1-3-5-7-15-33(40)43-25-30(22-27-16-18-31(19-17-27)42-24-28-13-8-6-9-14-28)36-34(41)29(12-4-2)23-32(39)37-35(26-38)20-10-11-21-35/h3-4,6,8-9,13-14,16-19,29-30,38H,1-2,5,7,10-12,15,20-26H2,(H,36,41)(H,37,39)/t29-,30+/m1/s1. The molecule has 0 heterocycles. The van der Waals surface area contributed by atoms with E-state index in [-0.39, 0.29) is 43.8 Å². The molecule has 2 aromatic rings. The molecule has 8 heteroatoms. The molecule has 0 radical (unpaired) electrons. The molecular weight excluding hydrogens is 544 g/mol. The van der Waals surface area contributed by atoms with Gasteiger partial charge in [-0.1, -0.05) is 67.5 Å². The zero-order valence-corrected chi connectivity index (χ0v) is 25.1. The Balaban J connectivity index is 1.63. The van der Waals surface area contributed by atoms with Crippen molar-refractivity contribution in [2.45, 2.75) is 82.4 Å². The molecule has 2 atom stereocenters. The van der Waals surface area contributed by atoms with Gasteiger partial charge in [-0.25, -0.2) is 0 Å². The first-order chi connectivity index (χ1) is 20.9. The minimum atomic E-state index is -0.644. The van der Waals surface area contributed by atoms with Crippen LogP contribution in [-0.4, -0.2) is 47.7 Å². The molecule has 0 aliphatic heterocycles. The van der Waals surface area contributed by atoms with E-state index in [4.69, 9.17) is 9.47 Å². The first-order valence-corrected chi connectivity index (χ1v) is 15.2. The van der Waals surface area contributed by atoms with Crippen molar-refractivity contribution in [2.24, 2.45) is 5.92 Å². The summed E-state index contributed by atoms with van der Waals surface area (Å²) in [7, 11) is 0. The monoisotopic (exact) mass is 590 g/mol. The van der Waals surface area contributed by atoms with Gasteiger partial charge in [-0.2, -0.15) is 0 Å². The molecule has 0 saturated heterocycles. The molecule has 0 unspecified atom stereocenters. The van der Waals surface area contributed by atoms with E-state index in [1.807, 2.05) is 54.6 Å². The van der Waals surface area contributed by atoms with Crippen molar-refractivity contribution in [2.75, 3.05) is 13.2 Å². The predicted octanol–water partition coefficient (Wildman–Crippen LogP) is 5.20. The molecule has 3 N–H and O–H groups in total. The van der Waals surface area contributed by atoms with E-state index in [9.17, 15) is 19.5 Å². The lowest BCUT2D eigenvalue weighted by atomic mass is 9.95. The number of aliphatic hydroxyl groups excluding tert-OH is 1. The molecule has 1 fully saturated rings. The number of allylic oxidation sites excluding steroid dienone is 2. The Morgan fingerprint density at radius 1 is 0.977 bits per heavy atom. The normalized spacial score (nSPS) is 15.1. The smallest absolute Gasteiger partial charge is 0.305 e. The fourth-order valence-corrected chi connectivity index (χ4v) is 5.30. The molecule has 0 aromatic heterocycles. The second kappa shape index (κ2) is 17.9. The zero-order valence-electron chi connectivity index (χ0n) is 25.1. The number of hydrogen-bond donors (Lipinski definition) is 3. The molecule has 2 amide bonds. The number of unbranched alkanes of at least 4 members (excludes halogenated alkanes) is 1. The number of carbonyl (C=O) groups is 3. The molecule has 1 aliphatic rings. The third kappa shape index (κ3) is 11.7. The van der Waals surface area contributed by atoms with Crippen LogP contribution in [0.4, 0.5) is 0 Å². The molecular formula is C35H46N2O6. The van der Waals surface area contributed by atoms with Crippen molar-refractivity contribution >= 4 is 17.8 Å². The molecule has 232 valence electrons. The molecule has 1 aliphatic carbocycles. The van der Waals surface area contributed by atoms with Gasteiger partial charge in [0.2, 0.25) is 11.8 Å². The molecule has 2 aromatic carbocycles. The minimum absolute atomic E-state index is 0.00551. The third-order valence-corrected chi connectivity index (χ3v) is 7.76. The molecule has 0 spiro atoms. The zero-order chi connectivity index (χ0) is 30.9. The van der Waals surface area contributed by atoms with Crippen LogP contribution in [0.5, 0.6) is 5.75 Å². The summed E-state index contributed by atoms with van der Waals surface area (Å²) >= 11 is 0. The fraction of sp³-hybridized carbons (Fsp3) is 0.457. The van der Waals surface area contributed by atoms with Crippen LogP contribution in [0.25, 0.3) is 0 Å². The first-order valence-electron chi connectivity index (χ1n) is 15.2. The van der Waals surface area contributed by atoms with E-state index in [1.54, 1.807) is 12.2 Å². The number of benzene rings is 2. The van der Waals surface area contributed by atoms with Gasteiger partial charge < -0.3 is 25.2 Å². The largest absolute Gasteiger partial charge is 0.489 e. The summed E-state index contributed by atoms with van der Waals surface area (Å²) < 4.78 is 11.4. The maximum Gasteiger partial charge on any atom is 0.305 e. The molecule has 8 nitrogen and oxygen atoms in total. The van der Waals surface area contributed by atoms with Crippen LogP contribution in [0.15, 0.2) is 79.9 Å². The number of ether oxygens (including phenoxy) is 2. The number of rotatable bonds is 19. The van der Waals surface area contributed by atoms with E-state index < -0.39 is 17.5 Å². The van der Waals surface area contributed by atoms with Gasteiger partial charge in [-0.3, -0.25) is 14.4 Å². The van der Waals surface area contributed by atoms with Gasteiger partial charge in [-0.15, -0.1) is 13.2 Å². The number of hydrogen-bond acceptors (Lipinski definition) is 6. The average Bonchev–Trinajstić information content (AvgIpc) is 3.48. The second-order valence-corrected chi connectivity index (χ2v) is 11.3. The Morgan fingerprint density at radius 3 is 2.35 bits per heavy atom. The lowest BCUT2D eigenvalue weighted by molar-refractivity contribution is -0.145. The lowest BCUT2D eigenvalue weighted by Crippen LogP contribution is -2.50. The topological polar surface area (TPSA) is 114 Å². The first kappa shape index (κ1) is 33.6. The molecule has 3 rings (SSSR count). The summed E-state index contributed by atoms with van der Waals surface area (Å²) in [6.07, 6.45) is 9.08. The van der Waals surface area contributed by atoms with Gasteiger partial charge in [0.1, 0.15) is 19.0 Å². The highest BCUT2D eigenvalue weighted by Crippen LogP contribution is 2.29. The maximum atomic E-state index is 13.4. The Kier molecular flexibility index (Phi) is 14.0. The summed E-state index contributed by atoms with van der Waals surface area (Å²) in [6.45, 7) is 7.79. The van der Waals surface area contributed by atoms with Crippen molar-refractivity contribution in [1.82, 2.24) is 10.6 Å². The summed E-state index contributed by atoms with van der Waals surface area (Å²) in [5.74, 6) is -0.834. The quantitative estimate of drug-likeness (QED) is 0.118. The highest BCUT2D eigenvalue weighted by Gasteiger charge is 2.35. The minimum Gasteiger partial charge on any atom is -0.489 e. The van der Waals surface area contributed by atoms with Crippen LogP contribution in [-0.2, 0) is 32.1 Å². The van der Waals surface area contributed by atoms with Gasteiger partial charge >= 0.3 is 5.97 Å². The van der Waals surface area contributed by atoms with Crippen molar-refractivity contribution < 1.29 is 29.0 Å². The van der Waals surface area contributed by atoms with Crippen LogP contribution in [0, 0.1) is 5.92 Å². The highest BCUT2D eigenvalue weighted by atomic mass is 16.5. The van der Waals surface area contributed by atoms with Crippen molar-refractivity contribution in [3.63, 3.8) is 0 Å². The summed E-state index contributed by atoms with van der Waals surface area (Å²) in [6, 6.07) is 17.0. The van der Waals surface area contributed by atoms with Gasteiger partial charge in [0, 0.05) is 12.8 Å². The predicted molar refractivity (Wildman–Crippen MR) is 167 cm³/mol. The Bertz CT molecular complexity index is 1170. The van der Waals surface area contributed by atoms with Crippen LogP contribution < -0.4 is 15.4 Å². The summed E-state index contributed by atoms with van der Waals surface area (Å²) in [5, 5.41) is 15.9. The summed E-state index contributed by atoms with van der Waals surface area (Å²) in [4.78, 5) is 38.7. The molecule has 1 saturated carbocycles. The SMILES string of the molecule is C=CCCCC(=O)OC[C@H](Cc1ccc(OCc2ccccc2)cc1)NC(=O)[C@H](CC=C)CC(=O)NC1(CO)CCCC1. The molecule has 0 bridgehead atoms. The Labute approximate surface area is 255 Å². The van der Waals surface area contributed by atoms with Crippen molar-refractivity contribution in [3.8, 4) is 5.75 Å².